The second-order valence-electron chi connectivity index (χ2n) is 7.67. The first kappa shape index (κ1) is 19.7. The summed E-state index contributed by atoms with van der Waals surface area (Å²) in [5.41, 5.74) is 5.00. The summed E-state index contributed by atoms with van der Waals surface area (Å²) in [6, 6.07) is 22.6. The number of aryl methyl sites for hydroxylation is 1. The van der Waals surface area contributed by atoms with Crippen molar-refractivity contribution < 1.29 is 9.59 Å². The number of nitrogens with zero attached hydrogens (tertiary/aromatic N) is 2. The topological polar surface area (TPSA) is 52.7 Å². The number of anilines is 3. The number of hydrogen-bond acceptors (Lipinski definition) is 3. The van der Waals surface area contributed by atoms with Crippen molar-refractivity contribution in [2.75, 3.05) is 35.8 Å². The van der Waals surface area contributed by atoms with Crippen LogP contribution in [-0.4, -0.2) is 32.5 Å². The lowest BCUT2D eigenvalue weighted by molar-refractivity contribution is 0.0983. The predicted octanol–water partition coefficient (Wildman–Crippen LogP) is 4.60. The quantitative estimate of drug-likeness (QED) is 0.698. The molecule has 0 atom stereocenters. The highest BCUT2D eigenvalue weighted by Gasteiger charge is 2.24. The van der Waals surface area contributed by atoms with Gasteiger partial charge in [-0.1, -0.05) is 24.3 Å². The number of rotatable bonds is 4. The molecule has 0 bridgehead atoms. The number of amides is 2. The smallest absolute Gasteiger partial charge is 0.258 e. The average Bonchev–Trinajstić information content (AvgIpc) is 2.78. The van der Waals surface area contributed by atoms with Gasteiger partial charge in [-0.2, -0.15) is 0 Å². The molecule has 0 unspecified atom stereocenters. The fourth-order valence-corrected chi connectivity index (χ4v) is 3.75. The summed E-state index contributed by atoms with van der Waals surface area (Å²) < 4.78 is 0. The van der Waals surface area contributed by atoms with E-state index in [0.717, 1.165) is 35.5 Å². The van der Waals surface area contributed by atoms with Gasteiger partial charge in [-0.05, 0) is 66.9 Å². The van der Waals surface area contributed by atoms with E-state index < -0.39 is 0 Å². The summed E-state index contributed by atoms with van der Waals surface area (Å²) in [5, 5.41) is 2.99. The molecule has 0 saturated heterocycles. The molecule has 2 amide bonds. The Labute approximate surface area is 176 Å². The van der Waals surface area contributed by atoms with Gasteiger partial charge in [0.2, 0.25) is 0 Å². The summed E-state index contributed by atoms with van der Waals surface area (Å²) in [5.74, 6) is -0.138. The fourth-order valence-electron chi connectivity index (χ4n) is 3.75. The number of nitrogens with one attached hydrogen (secondary N) is 1. The lowest BCUT2D eigenvalue weighted by Crippen LogP contribution is -2.35. The SMILES string of the molecule is CN(C)c1cccc(C(=O)Nc2ccc3c(c2)CCCN3C(=O)c2ccccc2)c1. The Bertz CT molecular complexity index is 1080. The van der Waals surface area contributed by atoms with Crippen LogP contribution in [0.25, 0.3) is 0 Å². The molecule has 1 aliphatic rings. The molecule has 1 aliphatic heterocycles. The summed E-state index contributed by atoms with van der Waals surface area (Å²) >= 11 is 0. The van der Waals surface area contributed by atoms with Gasteiger partial charge in [0.1, 0.15) is 0 Å². The van der Waals surface area contributed by atoms with Crippen LogP contribution in [0.3, 0.4) is 0 Å². The van der Waals surface area contributed by atoms with Crippen molar-refractivity contribution in [2.24, 2.45) is 0 Å². The molecule has 4 rings (SSSR count). The first-order valence-corrected chi connectivity index (χ1v) is 10.1. The molecule has 3 aromatic rings. The maximum absolute atomic E-state index is 12.9. The molecule has 5 heteroatoms. The minimum absolute atomic E-state index is 0.00818. The second-order valence-corrected chi connectivity index (χ2v) is 7.67. The zero-order chi connectivity index (χ0) is 21.1. The predicted molar refractivity (Wildman–Crippen MR) is 122 cm³/mol. The Morgan fingerprint density at radius 3 is 2.43 bits per heavy atom. The molecule has 0 aliphatic carbocycles. The van der Waals surface area contributed by atoms with Crippen molar-refractivity contribution in [3.05, 3.63) is 89.5 Å². The number of fused-ring (bicyclic) bond motifs is 1. The maximum atomic E-state index is 12.9. The molecule has 0 saturated carbocycles. The van der Waals surface area contributed by atoms with E-state index in [2.05, 4.69) is 5.32 Å². The molecule has 152 valence electrons. The molecule has 0 fully saturated rings. The zero-order valence-corrected chi connectivity index (χ0v) is 17.3. The van der Waals surface area contributed by atoms with Crippen LogP contribution in [0.4, 0.5) is 17.1 Å². The number of benzene rings is 3. The lowest BCUT2D eigenvalue weighted by Gasteiger charge is -2.30. The molecular formula is C25H25N3O2. The van der Waals surface area contributed by atoms with Crippen molar-refractivity contribution >= 4 is 28.9 Å². The first-order valence-electron chi connectivity index (χ1n) is 10.1. The van der Waals surface area contributed by atoms with Crippen LogP contribution < -0.4 is 15.1 Å². The maximum Gasteiger partial charge on any atom is 0.258 e. The van der Waals surface area contributed by atoms with Gasteiger partial charge in [-0.3, -0.25) is 9.59 Å². The lowest BCUT2D eigenvalue weighted by atomic mass is 10.00. The Morgan fingerprint density at radius 1 is 0.900 bits per heavy atom. The third-order valence-electron chi connectivity index (χ3n) is 5.35. The number of carbonyl (C=O) groups is 2. The van der Waals surface area contributed by atoms with Crippen molar-refractivity contribution in [2.45, 2.75) is 12.8 Å². The van der Waals surface area contributed by atoms with Crippen molar-refractivity contribution in [3.63, 3.8) is 0 Å². The van der Waals surface area contributed by atoms with Gasteiger partial charge in [0.15, 0.2) is 0 Å². The van der Waals surface area contributed by atoms with Crippen LogP contribution in [0.5, 0.6) is 0 Å². The molecule has 3 aromatic carbocycles. The highest BCUT2D eigenvalue weighted by atomic mass is 16.2. The summed E-state index contributed by atoms with van der Waals surface area (Å²) in [4.78, 5) is 29.5. The van der Waals surface area contributed by atoms with E-state index in [1.165, 1.54) is 0 Å². The number of hydrogen-bond donors (Lipinski definition) is 1. The van der Waals surface area contributed by atoms with E-state index in [0.29, 0.717) is 17.7 Å². The van der Waals surface area contributed by atoms with E-state index in [4.69, 9.17) is 0 Å². The Morgan fingerprint density at radius 2 is 1.67 bits per heavy atom. The fraction of sp³-hybridized carbons (Fsp3) is 0.200. The van der Waals surface area contributed by atoms with Crippen LogP contribution in [-0.2, 0) is 6.42 Å². The van der Waals surface area contributed by atoms with E-state index in [1.807, 2.05) is 90.6 Å². The van der Waals surface area contributed by atoms with Crippen LogP contribution >= 0.6 is 0 Å². The third-order valence-corrected chi connectivity index (χ3v) is 5.35. The molecule has 1 N–H and O–H groups in total. The van der Waals surface area contributed by atoms with E-state index >= 15 is 0 Å². The average molecular weight is 399 g/mol. The molecule has 0 spiro atoms. The van der Waals surface area contributed by atoms with Gasteiger partial charge in [-0.15, -0.1) is 0 Å². The molecule has 0 radical (unpaired) electrons. The highest BCUT2D eigenvalue weighted by Crippen LogP contribution is 2.31. The molecule has 5 nitrogen and oxygen atoms in total. The highest BCUT2D eigenvalue weighted by molar-refractivity contribution is 6.07. The second kappa shape index (κ2) is 8.41. The van der Waals surface area contributed by atoms with Crippen LogP contribution in [0.15, 0.2) is 72.8 Å². The van der Waals surface area contributed by atoms with Gasteiger partial charge in [0.05, 0.1) is 0 Å². The van der Waals surface area contributed by atoms with Gasteiger partial charge in [-0.25, -0.2) is 0 Å². The van der Waals surface area contributed by atoms with Crippen molar-refractivity contribution in [1.82, 2.24) is 0 Å². The van der Waals surface area contributed by atoms with Crippen molar-refractivity contribution in [1.29, 1.82) is 0 Å². The summed E-state index contributed by atoms with van der Waals surface area (Å²) in [6.45, 7) is 0.698. The van der Waals surface area contributed by atoms with Gasteiger partial charge < -0.3 is 15.1 Å². The monoisotopic (exact) mass is 399 g/mol. The molecule has 1 heterocycles. The van der Waals surface area contributed by atoms with E-state index in [-0.39, 0.29) is 11.8 Å². The van der Waals surface area contributed by atoms with Crippen LogP contribution in [0.2, 0.25) is 0 Å². The molecule has 30 heavy (non-hydrogen) atoms. The van der Waals surface area contributed by atoms with E-state index in [9.17, 15) is 9.59 Å². The molecule has 0 aromatic heterocycles. The van der Waals surface area contributed by atoms with Crippen LogP contribution in [0.1, 0.15) is 32.7 Å². The van der Waals surface area contributed by atoms with Gasteiger partial charge in [0, 0.05) is 48.8 Å². The standard InChI is InChI=1S/C25H25N3O2/c1-27(2)22-12-6-10-20(17-22)24(29)26-21-13-14-23-19(16-21)11-7-15-28(23)25(30)18-8-4-3-5-9-18/h3-6,8-10,12-14,16-17H,7,11,15H2,1-2H3,(H,26,29). The minimum Gasteiger partial charge on any atom is -0.378 e. The van der Waals surface area contributed by atoms with Gasteiger partial charge in [0.25, 0.3) is 11.8 Å². The number of carbonyl (C=O) groups excluding carboxylic acids is 2. The summed E-state index contributed by atoms with van der Waals surface area (Å²) in [6.07, 6.45) is 1.78. The summed E-state index contributed by atoms with van der Waals surface area (Å²) in [7, 11) is 3.89. The third kappa shape index (κ3) is 4.06. The first-order chi connectivity index (χ1) is 14.5. The van der Waals surface area contributed by atoms with Gasteiger partial charge >= 0.3 is 0 Å². The van der Waals surface area contributed by atoms with E-state index in [1.54, 1.807) is 6.07 Å². The van der Waals surface area contributed by atoms with Crippen LogP contribution in [0, 0.1) is 0 Å². The Kier molecular flexibility index (Phi) is 5.53. The molecular weight excluding hydrogens is 374 g/mol. The Balaban J connectivity index is 1.55. The minimum atomic E-state index is -0.147. The largest absolute Gasteiger partial charge is 0.378 e. The van der Waals surface area contributed by atoms with Crippen molar-refractivity contribution in [3.8, 4) is 0 Å². The normalized spacial score (nSPS) is 12.8. The Hall–Kier alpha value is -3.60. The zero-order valence-electron chi connectivity index (χ0n) is 17.3.